The number of likely N-dealkylation sites (tertiary alicyclic amines) is 1. The molecule has 2 aliphatic carbocycles. The number of fused-ring (bicyclic) bond motifs is 1. The summed E-state index contributed by atoms with van der Waals surface area (Å²) < 4.78 is 16.0. The zero-order chi connectivity index (χ0) is 18.3. The van der Waals surface area contributed by atoms with Crippen LogP contribution < -0.4 is 0 Å². The molecule has 0 aromatic carbocycles. The topological polar surface area (TPSA) is 82.1 Å². The van der Waals surface area contributed by atoms with Gasteiger partial charge in [-0.2, -0.15) is 0 Å². The first-order valence-electron chi connectivity index (χ1n) is 9.82. The SMILES string of the molecule is CC(CN1CCCCC1)C(=O)OCC(=O)OC1C2CC3C(=O)O[C@@H]1C3C2. The maximum absolute atomic E-state index is 12.1. The lowest BCUT2D eigenvalue weighted by molar-refractivity contribution is -0.171. The maximum Gasteiger partial charge on any atom is 0.344 e. The number of hydrogen-bond acceptors (Lipinski definition) is 7. The van der Waals surface area contributed by atoms with Crippen LogP contribution in [0, 0.1) is 23.7 Å². The van der Waals surface area contributed by atoms with Crippen LogP contribution in [0.5, 0.6) is 0 Å². The average Bonchev–Trinajstić information content (AvgIpc) is 3.25. The molecule has 5 unspecified atom stereocenters. The lowest BCUT2D eigenvalue weighted by atomic mass is 9.88. The summed E-state index contributed by atoms with van der Waals surface area (Å²) in [5, 5.41) is 0. The molecule has 0 aromatic rings. The third-order valence-corrected chi connectivity index (χ3v) is 6.40. The number of piperidine rings is 1. The van der Waals surface area contributed by atoms with Crippen LogP contribution in [0.2, 0.25) is 0 Å². The molecule has 0 N–H and O–H groups in total. The van der Waals surface area contributed by atoms with E-state index in [4.69, 9.17) is 14.2 Å². The maximum atomic E-state index is 12.1. The number of rotatable bonds is 6. The van der Waals surface area contributed by atoms with Crippen molar-refractivity contribution in [3.63, 3.8) is 0 Å². The highest BCUT2D eigenvalue weighted by Crippen LogP contribution is 2.55. The van der Waals surface area contributed by atoms with Crippen molar-refractivity contribution in [3.05, 3.63) is 0 Å². The molecule has 7 nitrogen and oxygen atoms in total. The zero-order valence-corrected chi connectivity index (χ0v) is 15.2. The number of ether oxygens (including phenoxy) is 3. The van der Waals surface area contributed by atoms with E-state index >= 15 is 0 Å². The molecule has 2 heterocycles. The van der Waals surface area contributed by atoms with Crippen molar-refractivity contribution in [2.75, 3.05) is 26.2 Å². The largest absolute Gasteiger partial charge is 0.458 e. The van der Waals surface area contributed by atoms with Crippen LogP contribution in [0.3, 0.4) is 0 Å². The molecule has 4 aliphatic rings. The highest BCUT2D eigenvalue weighted by atomic mass is 16.6. The molecular formula is C19H27NO6. The molecular weight excluding hydrogens is 338 g/mol. The van der Waals surface area contributed by atoms with Gasteiger partial charge in [-0.05, 0) is 38.8 Å². The molecule has 2 aliphatic heterocycles. The van der Waals surface area contributed by atoms with Crippen molar-refractivity contribution in [3.8, 4) is 0 Å². The van der Waals surface area contributed by atoms with Crippen molar-refractivity contribution < 1.29 is 28.6 Å². The van der Waals surface area contributed by atoms with E-state index in [9.17, 15) is 14.4 Å². The number of nitrogens with zero attached hydrogens (tertiary/aromatic N) is 1. The molecule has 2 bridgehead atoms. The fourth-order valence-electron chi connectivity index (χ4n) is 5.13. The molecule has 0 aromatic heterocycles. The predicted octanol–water partition coefficient (Wildman–Crippen LogP) is 1.14. The van der Waals surface area contributed by atoms with E-state index in [0.717, 1.165) is 25.9 Å². The molecule has 2 saturated carbocycles. The van der Waals surface area contributed by atoms with E-state index < -0.39 is 5.97 Å². The van der Waals surface area contributed by atoms with Crippen LogP contribution in [-0.4, -0.2) is 61.3 Å². The minimum absolute atomic E-state index is 0.00610. The van der Waals surface area contributed by atoms with E-state index in [1.165, 1.54) is 19.3 Å². The molecule has 7 heteroatoms. The van der Waals surface area contributed by atoms with Crippen LogP contribution in [-0.2, 0) is 28.6 Å². The number of carbonyl (C=O) groups excluding carboxylic acids is 3. The van der Waals surface area contributed by atoms with E-state index in [2.05, 4.69) is 4.90 Å². The average molecular weight is 365 g/mol. The summed E-state index contributed by atoms with van der Waals surface area (Å²) in [4.78, 5) is 38.2. The van der Waals surface area contributed by atoms with Crippen molar-refractivity contribution in [1.82, 2.24) is 4.90 Å². The number of esters is 3. The highest BCUT2D eigenvalue weighted by Gasteiger charge is 2.63. The van der Waals surface area contributed by atoms with Gasteiger partial charge in [-0.25, -0.2) is 4.79 Å². The highest BCUT2D eigenvalue weighted by molar-refractivity contribution is 5.79. The summed E-state index contributed by atoms with van der Waals surface area (Å²) in [5.41, 5.74) is 0. The number of carbonyl (C=O) groups is 3. The second kappa shape index (κ2) is 7.18. The summed E-state index contributed by atoms with van der Waals surface area (Å²) in [6.07, 6.45) is 4.54. The van der Waals surface area contributed by atoms with Gasteiger partial charge in [0.05, 0.1) is 11.8 Å². The number of hydrogen-bond donors (Lipinski definition) is 0. The monoisotopic (exact) mass is 365 g/mol. The molecule has 144 valence electrons. The van der Waals surface area contributed by atoms with Gasteiger partial charge in [-0.3, -0.25) is 9.59 Å². The van der Waals surface area contributed by atoms with Gasteiger partial charge in [0, 0.05) is 18.4 Å². The first-order chi connectivity index (χ1) is 12.5. The Morgan fingerprint density at radius 2 is 2.00 bits per heavy atom. The lowest BCUT2D eigenvalue weighted by Gasteiger charge is -2.28. The van der Waals surface area contributed by atoms with Crippen molar-refractivity contribution in [2.45, 2.75) is 51.2 Å². The van der Waals surface area contributed by atoms with E-state index in [-0.39, 0.29) is 54.4 Å². The standard InChI is InChI=1S/C19H27NO6/c1-11(9-20-5-3-2-4-6-20)18(22)24-10-15(21)25-16-12-7-13-14(8-12)19(23)26-17(13)16/h11-14,16-17H,2-10H2,1H3/t11?,12?,13?,14?,16?,17-/m1/s1. The molecule has 2 saturated heterocycles. The Balaban J connectivity index is 1.20. The van der Waals surface area contributed by atoms with Gasteiger partial charge in [0.15, 0.2) is 6.61 Å². The minimum atomic E-state index is -0.555. The van der Waals surface area contributed by atoms with Crippen LogP contribution in [0.1, 0.15) is 39.0 Å². The van der Waals surface area contributed by atoms with Crippen molar-refractivity contribution in [2.24, 2.45) is 23.7 Å². The van der Waals surface area contributed by atoms with Crippen molar-refractivity contribution >= 4 is 17.9 Å². The Morgan fingerprint density at radius 3 is 2.77 bits per heavy atom. The molecule has 26 heavy (non-hydrogen) atoms. The molecule has 0 radical (unpaired) electrons. The summed E-state index contributed by atoms with van der Waals surface area (Å²) >= 11 is 0. The third-order valence-electron chi connectivity index (χ3n) is 6.40. The van der Waals surface area contributed by atoms with Gasteiger partial charge in [-0.15, -0.1) is 0 Å². The molecule has 6 atom stereocenters. The fraction of sp³-hybridized carbons (Fsp3) is 0.842. The smallest absolute Gasteiger partial charge is 0.344 e. The molecule has 4 fully saturated rings. The van der Waals surface area contributed by atoms with Crippen LogP contribution in [0.4, 0.5) is 0 Å². The van der Waals surface area contributed by atoms with Gasteiger partial charge in [0.1, 0.15) is 12.2 Å². The summed E-state index contributed by atoms with van der Waals surface area (Å²) in [5.74, 6) is -0.961. The summed E-state index contributed by atoms with van der Waals surface area (Å²) in [7, 11) is 0. The second-order valence-corrected chi connectivity index (χ2v) is 8.23. The lowest BCUT2D eigenvalue weighted by Crippen LogP contribution is -2.38. The van der Waals surface area contributed by atoms with Gasteiger partial charge >= 0.3 is 17.9 Å². The Bertz CT molecular complexity index is 587. The second-order valence-electron chi connectivity index (χ2n) is 8.23. The minimum Gasteiger partial charge on any atom is -0.458 e. The summed E-state index contributed by atoms with van der Waals surface area (Å²) in [6, 6.07) is 0. The van der Waals surface area contributed by atoms with E-state index in [1.54, 1.807) is 0 Å². The molecule has 0 spiro atoms. The quantitative estimate of drug-likeness (QED) is 0.516. The van der Waals surface area contributed by atoms with E-state index in [0.29, 0.717) is 6.54 Å². The Kier molecular flexibility index (Phi) is 4.90. The predicted molar refractivity (Wildman–Crippen MR) is 89.9 cm³/mol. The Labute approximate surface area is 153 Å². The Morgan fingerprint density at radius 1 is 1.23 bits per heavy atom. The van der Waals surface area contributed by atoms with Gasteiger partial charge < -0.3 is 19.1 Å². The normalized spacial score (nSPS) is 36.7. The van der Waals surface area contributed by atoms with Crippen LogP contribution >= 0.6 is 0 Å². The fourth-order valence-corrected chi connectivity index (χ4v) is 5.13. The molecule has 0 amide bonds. The molecule has 4 rings (SSSR count). The van der Waals surface area contributed by atoms with Crippen LogP contribution in [0.25, 0.3) is 0 Å². The summed E-state index contributed by atoms with van der Waals surface area (Å²) in [6.45, 7) is 4.16. The third kappa shape index (κ3) is 3.33. The first kappa shape index (κ1) is 17.8. The van der Waals surface area contributed by atoms with Gasteiger partial charge in [0.2, 0.25) is 0 Å². The van der Waals surface area contributed by atoms with Crippen LogP contribution in [0.15, 0.2) is 0 Å². The first-order valence-corrected chi connectivity index (χ1v) is 9.82. The van der Waals surface area contributed by atoms with Gasteiger partial charge in [0.25, 0.3) is 0 Å². The Hall–Kier alpha value is -1.63. The van der Waals surface area contributed by atoms with Gasteiger partial charge in [-0.1, -0.05) is 13.3 Å². The zero-order valence-electron chi connectivity index (χ0n) is 15.2. The van der Waals surface area contributed by atoms with Crippen molar-refractivity contribution in [1.29, 1.82) is 0 Å². The van der Waals surface area contributed by atoms with E-state index in [1.807, 2.05) is 6.92 Å².